The lowest BCUT2D eigenvalue weighted by molar-refractivity contribution is -0.137. The summed E-state index contributed by atoms with van der Waals surface area (Å²) in [4.78, 5) is 12.4. The molecule has 0 aliphatic carbocycles. The molecule has 1 aliphatic rings. The number of nitrogens with zero attached hydrogens (tertiary/aromatic N) is 1. The first-order valence-corrected chi connectivity index (χ1v) is 4.38. The Hall–Kier alpha value is -0.610. The van der Waals surface area contributed by atoms with Crippen LogP contribution in [-0.2, 0) is 4.79 Å². The molecule has 12 heavy (non-hydrogen) atoms. The third kappa shape index (κ3) is 3.19. The van der Waals surface area contributed by atoms with Crippen LogP contribution in [0.4, 0.5) is 0 Å². The summed E-state index contributed by atoms with van der Waals surface area (Å²) in [5.41, 5.74) is 5.71. The van der Waals surface area contributed by atoms with Gasteiger partial charge in [0.2, 0.25) is 0 Å². The average Bonchev–Trinajstić information content (AvgIpc) is 2.03. The van der Waals surface area contributed by atoms with E-state index in [9.17, 15) is 4.79 Å². The summed E-state index contributed by atoms with van der Waals surface area (Å²) in [6, 6.07) is 0.325. The van der Waals surface area contributed by atoms with Crippen LogP contribution in [0.5, 0.6) is 0 Å². The van der Waals surface area contributed by atoms with Gasteiger partial charge in [0, 0.05) is 12.6 Å². The van der Waals surface area contributed by atoms with Crippen molar-refractivity contribution < 1.29 is 9.90 Å². The van der Waals surface area contributed by atoms with Gasteiger partial charge in [-0.25, -0.2) is 0 Å². The van der Waals surface area contributed by atoms with Gasteiger partial charge in [-0.1, -0.05) is 0 Å². The first kappa shape index (κ1) is 9.48. The number of carboxylic acid groups (broad SMARTS) is 1. The van der Waals surface area contributed by atoms with E-state index in [0.717, 1.165) is 25.9 Å². The van der Waals surface area contributed by atoms with E-state index in [1.165, 1.54) is 0 Å². The molecule has 1 aliphatic heterocycles. The van der Waals surface area contributed by atoms with Crippen LogP contribution in [0.3, 0.4) is 0 Å². The Labute approximate surface area is 72.3 Å². The zero-order chi connectivity index (χ0) is 8.97. The minimum atomic E-state index is -0.718. The number of carboxylic acids is 1. The minimum absolute atomic E-state index is 0.245. The van der Waals surface area contributed by atoms with E-state index in [0.29, 0.717) is 12.6 Å². The van der Waals surface area contributed by atoms with Crippen molar-refractivity contribution >= 4 is 5.97 Å². The summed E-state index contributed by atoms with van der Waals surface area (Å²) in [6.45, 7) is 2.57. The van der Waals surface area contributed by atoms with Crippen molar-refractivity contribution in [3.05, 3.63) is 0 Å². The molecule has 4 heteroatoms. The second-order valence-electron chi connectivity index (χ2n) is 3.32. The van der Waals surface area contributed by atoms with Gasteiger partial charge < -0.3 is 15.7 Å². The van der Waals surface area contributed by atoms with Gasteiger partial charge in [-0.15, -0.1) is 0 Å². The number of likely N-dealkylation sites (tertiary alicyclic amines) is 1. The number of aliphatic carboxylic acids is 1. The van der Waals surface area contributed by atoms with E-state index < -0.39 is 5.97 Å². The first-order valence-electron chi connectivity index (χ1n) is 4.38. The molecule has 1 saturated heterocycles. The third-order valence-electron chi connectivity index (χ3n) is 2.27. The van der Waals surface area contributed by atoms with Crippen LogP contribution in [0.15, 0.2) is 0 Å². The molecule has 0 spiro atoms. The highest BCUT2D eigenvalue weighted by molar-refractivity contribution is 5.66. The van der Waals surface area contributed by atoms with Crippen molar-refractivity contribution in [3.63, 3.8) is 0 Å². The molecule has 70 valence electrons. The van der Waals surface area contributed by atoms with Gasteiger partial charge in [-0.3, -0.25) is 4.79 Å². The second-order valence-corrected chi connectivity index (χ2v) is 3.32. The molecule has 0 radical (unpaired) electrons. The summed E-state index contributed by atoms with van der Waals surface area (Å²) < 4.78 is 0. The van der Waals surface area contributed by atoms with Crippen molar-refractivity contribution in [3.8, 4) is 0 Å². The Bertz CT molecular complexity index is 153. The molecule has 0 unspecified atom stereocenters. The average molecular weight is 172 g/mol. The topological polar surface area (TPSA) is 66.6 Å². The van der Waals surface area contributed by atoms with E-state index in [2.05, 4.69) is 4.90 Å². The van der Waals surface area contributed by atoms with Crippen LogP contribution in [0.25, 0.3) is 0 Å². The molecule has 3 N–H and O–H groups in total. The Morgan fingerprint density at radius 3 is 2.58 bits per heavy atom. The van der Waals surface area contributed by atoms with E-state index in [-0.39, 0.29) is 6.42 Å². The third-order valence-corrected chi connectivity index (χ3v) is 2.27. The maximum Gasteiger partial charge on any atom is 0.304 e. The zero-order valence-corrected chi connectivity index (χ0v) is 7.20. The van der Waals surface area contributed by atoms with Gasteiger partial charge in [-0.05, 0) is 25.9 Å². The molecule has 0 aromatic carbocycles. The van der Waals surface area contributed by atoms with Crippen LogP contribution in [0.2, 0.25) is 0 Å². The van der Waals surface area contributed by atoms with E-state index in [1.54, 1.807) is 0 Å². The van der Waals surface area contributed by atoms with Crippen molar-refractivity contribution in [2.24, 2.45) is 5.73 Å². The fraction of sp³-hybridized carbons (Fsp3) is 0.875. The Morgan fingerprint density at radius 1 is 1.50 bits per heavy atom. The number of piperidine rings is 1. The summed E-state index contributed by atoms with van der Waals surface area (Å²) >= 11 is 0. The maximum absolute atomic E-state index is 10.3. The minimum Gasteiger partial charge on any atom is -0.481 e. The Morgan fingerprint density at radius 2 is 2.08 bits per heavy atom. The predicted molar refractivity (Wildman–Crippen MR) is 45.9 cm³/mol. The van der Waals surface area contributed by atoms with Crippen molar-refractivity contribution in [2.45, 2.75) is 25.3 Å². The fourth-order valence-electron chi connectivity index (χ4n) is 1.43. The largest absolute Gasteiger partial charge is 0.481 e. The fourth-order valence-corrected chi connectivity index (χ4v) is 1.43. The van der Waals surface area contributed by atoms with Gasteiger partial charge in [-0.2, -0.15) is 0 Å². The predicted octanol–water partition coefficient (Wildman–Crippen LogP) is -0.116. The quantitative estimate of drug-likeness (QED) is 0.623. The second kappa shape index (κ2) is 4.42. The number of nitrogens with two attached hydrogens (primary N) is 1. The van der Waals surface area contributed by atoms with Crippen LogP contribution >= 0.6 is 0 Å². The van der Waals surface area contributed by atoms with Crippen LogP contribution < -0.4 is 5.73 Å². The van der Waals surface area contributed by atoms with Crippen molar-refractivity contribution in [2.75, 3.05) is 19.6 Å². The number of carbonyl (C=O) groups is 1. The summed E-state index contributed by atoms with van der Waals surface area (Å²) in [5, 5.41) is 8.44. The number of hydrogen-bond donors (Lipinski definition) is 2. The first-order chi connectivity index (χ1) is 5.68. The van der Waals surface area contributed by atoms with Gasteiger partial charge >= 0.3 is 5.97 Å². The summed E-state index contributed by atoms with van der Waals surface area (Å²) in [5.74, 6) is -0.718. The standard InChI is InChI=1S/C8H16N2O2/c9-7-1-4-10(5-2-7)6-3-8(11)12/h7H,1-6,9H2,(H,11,12). The lowest BCUT2D eigenvalue weighted by atomic mass is 10.1. The molecule has 0 atom stereocenters. The molecule has 0 aromatic rings. The molecule has 0 aromatic heterocycles. The molecular weight excluding hydrogens is 156 g/mol. The van der Waals surface area contributed by atoms with E-state index in [1.807, 2.05) is 0 Å². The van der Waals surface area contributed by atoms with Crippen molar-refractivity contribution in [1.29, 1.82) is 0 Å². The molecule has 4 nitrogen and oxygen atoms in total. The van der Waals surface area contributed by atoms with Gasteiger partial charge in [0.25, 0.3) is 0 Å². The lowest BCUT2D eigenvalue weighted by Crippen LogP contribution is -2.40. The molecule has 0 saturated carbocycles. The SMILES string of the molecule is NC1CCN(CCC(=O)O)CC1. The van der Waals surface area contributed by atoms with Crippen LogP contribution in [0.1, 0.15) is 19.3 Å². The molecule has 1 heterocycles. The molecule has 1 fully saturated rings. The molecule has 1 rings (SSSR count). The zero-order valence-electron chi connectivity index (χ0n) is 7.20. The monoisotopic (exact) mass is 172 g/mol. The van der Waals surface area contributed by atoms with Gasteiger partial charge in [0.15, 0.2) is 0 Å². The molecule has 0 bridgehead atoms. The number of hydrogen-bond acceptors (Lipinski definition) is 3. The smallest absolute Gasteiger partial charge is 0.304 e. The highest BCUT2D eigenvalue weighted by Crippen LogP contribution is 2.07. The maximum atomic E-state index is 10.3. The molecular formula is C8H16N2O2. The highest BCUT2D eigenvalue weighted by atomic mass is 16.4. The number of rotatable bonds is 3. The van der Waals surface area contributed by atoms with E-state index >= 15 is 0 Å². The molecule has 0 amide bonds. The van der Waals surface area contributed by atoms with Crippen LogP contribution in [0, 0.1) is 0 Å². The van der Waals surface area contributed by atoms with Gasteiger partial charge in [0.1, 0.15) is 0 Å². The highest BCUT2D eigenvalue weighted by Gasteiger charge is 2.15. The Kier molecular flexibility index (Phi) is 3.49. The normalized spacial score (nSPS) is 21.1. The lowest BCUT2D eigenvalue weighted by Gasteiger charge is -2.29. The van der Waals surface area contributed by atoms with Crippen molar-refractivity contribution in [1.82, 2.24) is 4.90 Å². The summed E-state index contributed by atoms with van der Waals surface area (Å²) in [7, 11) is 0. The van der Waals surface area contributed by atoms with Gasteiger partial charge in [0.05, 0.1) is 6.42 Å². The summed E-state index contributed by atoms with van der Waals surface area (Å²) in [6.07, 6.45) is 2.24. The van der Waals surface area contributed by atoms with Crippen LogP contribution in [-0.4, -0.2) is 41.7 Å². The van der Waals surface area contributed by atoms with E-state index in [4.69, 9.17) is 10.8 Å². The Balaban J connectivity index is 2.13.